The Bertz CT molecular complexity index is 1110. The van der Waals surface area contributed by atoms with Gasteiger partial charge in [0.2, 0.25) is 5.91 Å². The number of carbonyl (C=O) groups is 2. The van der Waals surface area contributed by atoms with Crippen LogP contribution in [0.1, 0.15) is 35.3 Å². The molecule has 0 saturated heterocycles. The van der Waals surface area contributed by atoms with Gasteiger partial charge in [-0.25, -0.2) is 0 Å². The molecule has 1 heterocycles. The van der Waals surface area contributed by atoms with E-state index in [2.05, 4.69) is 10.2 Å². The van der Waals surface area contributed by atoms with Crippen molar-refractivity contribution in [1.82, 2.24) is 20.0 Å². The SMILES string of the molecule is CC(C)C(=O)N(C)Cc1ccc(CN(CCOc2cccc(Cl)c2)C(=O)c2c[nH]nc2N)cc1. The fourth-order valence-electron chi connectivity index (χ4n) is 3.49. The predicted octanol–water partition coefficient (Wildman–Crippen LogP) is 3.98. The zero-order chi connectivity index (χ0) is 24.7. The van der Waals surface area contributed by atoms with E-state index >= 15 is 0 Å². The standard InChI is InChI=1S/C25H30ClN5O3/c1-17(2)24(32)30(3)15-18-7-9-19(10-8-18)16-31(25(33)22-14-28-29-23(22)27)11-12-34-21-6-4-5-20(26)13-21/h4-10,13-14,17H,11-12,15-16H2,1-3H3,(H3,27,28,29). The van der Waals surface area contributed by atoms with Gasteiger partial charge in [-0.2, -0.15) is 5.10 Å². The van der Waals surface area contributed by atoms with Gasteiger partial charge in [0.15, 0.2) is 5.82 Å². The Kier molecular flexibility index (Phi) is 8.54. The molecule has 3 rings (SSSR count). The van der Waals surface area contributed by atoms with Gasteiger partial charge in [-0.15, -0.1) is 0 Å². The number of anilines is 1. The third-order valence-electron chi connectivity index (χ3n) is 5.30. The molecule has 0 radical (unpaired) electrons. The maximum atomic E-state index is 13.1. The lowest BCUT2D eigenvalue weighted by Gasteiger charge is -2.23. The maximum absolute atomic E-state index is 13.1. The molecule has 0 saturated carbocycles. The molecule has 9 heteroatoms. The average Bonchev–Trinajstić information content (AvgIpc) is 3.24. The number of carbonyl (C=O) groups excluding carboxylic acids is 2. The summed E-state index contributed by atoms with van der Waals surface area (Å²) in [4.78, 5) is 28.7. The minimum atomic E-state index is -0.243. The highest BCUT2D eigenvalue weighted by Crippen LogP contribution is 2.18. The first kappa shape index (κ1) is 25.1. The van der Waals surface area contributed by atoms with Crippen molar-refractivity contribution in [3.05, 3.63) is 76.4 Å². The molecule has 0 atom stereocenters. The second-order valence-electron chi connectivity index (χ2n) is 8.38. The highest BCUT2D eigenvalue weighted by atomic mass is 35.5. The van der Waals surface area contributed by atoms with Crippen molar-refractivity contribution in [3.63, 3.8) is 0 Å². The van der Waals surface area contributed by atoms with E-state index < -0.39 is 0 Å². The molecule has 8 nitrogen and oxygen atoms in total. The smallest absolute Gasteiger partial charge is 0.259 e. The molecule has 0 fully saturated rings. The number of ether oxygens (including phenoxy) is 1. The van der Waals surface area contributed by atoms with Crippen LogP contribution < -0.4 is 10.5 Å². The normalized spacial score (nSPS) is 10.9. The van der Waals surface area contributed by atoms with E-state index in [0.717, 1.165) is 11.1 Å². The number of aromatic nitrogens is 2. The molecular formula is C25H30ClN5O3. The van der Waals surface area contributed by atoms with E-state index in [-0.39, 0.29) is 30.2 Å². The lowest BCUT2D eigenvalue weighted by Crippen LogP contribution is -2.34. The molecule has 0 aliphatic rings. The first-order valence-electron chi connectivity index (χ1n) is 11.0. The number of hydrogen-bond acceptors (Lipinski definition) is 5. The number of aromatic amines is 1. The Morgan fingerprint density at radius 1 is 1.12 bits per heavy atom. The number of H-pyrrole nitrogens is 1. The van der Waals surface area contributed by atoms with Crippen molar-refractivity contribution in [2.45, 2.75) is 26.9 Å². The summed E-state index contributed by atoms with van der Waals surface area (Å²) in [7, 11) is 1.80. The van der Waals surface area contributed by atoms with Gasteiger partial charge in [-0.05, 0) is 29.3 Å². The number of hydrogen-bond donors (Lipinski definition) is 2. The van der Waals surface area contributed by atoms with Crippen molar-refractivity contribution in [2.75, 3.05) is 25.9 Å². The van der Waals surface area contributed by atoms with Crippen molar-refractivity contribution in [1.29, 1.82) is 0 Å². The molecule has 0 aliphatic heterocycles. The van der Waals surface area contributed by atoms with Crippen LogP contribution >= 0.6 is 11.6 Å². The zero-order valence-electron chi connectivity index (χ0n) is 19.6. The van der Waals surface area contributed by atoms with Gasteiger partial charge in [0.05, 0.1) is 6.54 Å². The van der Waals surface area contributed by atoms with Crippen molar-refractivity contribution in [2.24, 2.45) is 5.92 Å². The molecule has 3 N–H and O–H groups in total. The fraction of sp³-hybridized carbons (Fsp3) is 0.320. The molecule has 34 heavy (non-hydrogen) atoms. The number of amides is 2. The van der Waals surface area contributed by atoms with Gasteiger partial charge < -0.3 is 20.3 Å². The monoisotopic (exact) mass is 483 g/mol. The summed E-state index contributed by atoms with van der Waals surface area (Å²) in [6.07, 6.45) is 1.49. The number of nitrogens with one attached hydrogen (secondary N) is 1. The summed E-state index contributed by atoms with van der Waals surface area (Å²) in [6, 6.07) is 15.0. The molecule has 180 valence electrons. The van der Waals surface area contributed by atoms with Crippen molar-refractivity contribution >= 4 is 29.2 Å². The lowest BCUT2D eigenvalue weighted by molar-refractivity contribution is -0.133. The van der Waals surface area contributed by atoms with Gasteiger partial charge in [0.1, 0.15) is 17.9 Å². The van der Waals surface area contributed by atoms with Crippen LogP contribution in [0, 0.1) is 5.92 Å². The summed E-state index contributed by atoms with van der Waals surface area (Å²) in [6.45, 7) is 5.28. The first-order chi connectivity index (χ1) is 16.2. The molecule has 0 bridgehead atoms. The van der Waals surface area contributed by atoms with E-state index in [1.807, 2.05) is 44.2 Å². The lowest BCUT2D eigenvalue weighted by atomic mass is 10.1. The van der Waals surface area contributed by atoms with Crippen LogP contribution in [0.15, 0.2) is 54.7 Å². The van der Waals surface area contributed by atoms with Crippen LogP contribution in [-0.2, 0) is 17.9 Å². The summed E-state index contributed by atoms with van der Waals surface area (Å²) in [5.41, 5.74) is 8.13. The number of rotatable bonds is 10. The Morgan fingerprint density at radius 3 is 2.38 bits per heavy atom. The predicted molar refractivity (Wildman–Crippen MR) is 132 cm³/mol. The maximum Gasteiger partial charge on any atom is 0.259 e. The molecule has 2 aromatic carbocycles. The van der Waals surface area contributed by atoms with Crippen LogP contribution in [-0.4, -0.2) is 52.0 Å². The summed E-state index contributed by atoms with van der Waals surface area (Å²) in [5, 5.41) is 7.07. The second kappa shape index (κ2) is 11.6. The Morgan fingerprint density at radius 2 is 1.79 bits per heavy atom. The molecule has 1 aromatic heterocycles. The Hall–Kier alpha value is -3.52. The topological polar surface area (TPSA) is 105 Å². The quantitative estimate of drug-likeness (QED) is 0.454. The third kappa shape index (κ3) is 6.74. The van der Waals surface area contributed by atoms with Crippen LogP contribution in [0.5, 0.6) is 5.75 Å². The second-order valence-corrected chi connectivity index (χ2v) is 8.82. The number of nitrogen functional groups attached to an aromatic ring is 1. The molecule has 0 aliphatic carbocycles. The fourth-order valence-corrected chi connectivity index (χ4v) is 3.67. The number of nitrogens with zero attached hydrogens (tertiary/aromatic N) is 3. The summed E-state index contributed by atoms with van der Waals surface area (Å²) >= 11 is 6.02. The van der Waals surface area contributed by atoms with E-state index in [0.29, 0.717) is 36.0 Å². The molecule has 3 aromatic rings. The number of halogens is 1. The third-order valence-corrected chi connectivity index (χ3v) is 5.53. The van der Waals surface area contributed by atoms with Crippen LogP contribution in [0.2, 0.25) is 5.02 Å². The van der Waals surface area contributed by atoms with Gasteiger partial charge in [0.25, 0.3) is 5.91 Å². The minimum absolute atomic E-state index is 0.0478. The number of nitrogens with two attached hydrogens (primary N) is 1. The van der Waals surface area contributed by atoms with Crippen LogP contribution in [0.25, 0.3) is 0 Å². The van der Waals surface area contributed by atoms with E-state index in [1.165, 1.54) is 6.20 Å². The van der Waals surface area contributed by atoms with E-state index in [4.69, 9.17) is 22.1 Å². The number of benzene rings is 2. The zero-order valence-corrected chi connectivity index (χ0v) is 20.4. The minimum Gasteiger partial charge on any atom is -0.492 e. The van der Waals surface area contributed by atoms with Gasteiger partial charge >= 0.3 is 0 Å². The molecule has 0 spiro atoms. The molecular weight excluding hydrogens is 454 g/mol. The highest BCUT2D eigenvalue weighted by Gasteiger charge is 2.20. The highest BCUT2D eigenvalue weighted by molar-refractivity contribution is 6.30. The molecule has 0 unspecified atom stereocenters. The van der Waals surface area contributed by atoms with Crippen LogP contribution in [0.3, 0.4) is 0 Å². The van der Waals surface area contributed by atoms with E-state index in [1.54, 1.807) is 35.0 Å². The van der Waals surface area contributed by atoms with Gasteiger partial charge in [-0.3, -0.25) is 14.7 Å². The van der Waals surface area contributed by atoms with Crippen molar-refractivity contribution in [3.8, 4) is 5.75 Å². The molecule has 2 amide bonds. The largest absolute Gasteiger partial charge is 0.492 e. The summed E-state index contributed by atoms with van der Waals surface area (Å²) < 4.78 is 5.79. The van der Waals surface area contributed by atoms with Gasteiger partial charge in [-0.1, -0.05) is 55.8 Å². The first-order valence-corrected chi connectivity index (χ1v) is 11.4. The van der Waals surface area contributed by atoms with E-state index in [9.17, 15) is 9.59 Å². The Labute approximate surface area is 204 Å². The average molecular weight is 484 g/mol. The van der Waals surface area contributed by atoms with Crippen LogP contribution in [0.4, 0.5) is 5.82 Å². The Balaban J connectivity index is 1.68. The summed E-state index contributed by atoms with van der Waals surface area (Å²) in [5.74, 6) is 0.588. The van der Waals surface area contributed by atoms with Gasteiger partial charge in [0, 0.05) is 37.3 Å². The van der Waals surface area contributed by atoms with Crippen molar-refractivity contribution < 1.29 is 14.3 Å².